The molecule has 1 aromatic carbocycles. The van der Waals surface area contributed by atoms with Crippen LogP contribution in [-0.2, 0) is 0 Å². The zero-order chi connectivity index (χ0) is 22.5. The molecule has 0 bridgehead atoms. The molecule has 3 heterocycles. The first-order valence-electron chi connectivity index (χ1n) is 11.1. The molecule has 1 aliphatic carbocycles. The Labute approximate surface area is 190 Å². The lowest BCUT2D eigenvalue weighted by molar-refractivity contribution is 0.00868. The summed E-state index contributed by atoms with van der Waals surface area (Å²) in [6.45, 7) is 5.47. The Bertz CT molecular complexity index is 1190. The van der Waals surface area contributed by atoms with E-state index < -0.39 is 0 Å². The molecule has 1 saturated heterocycles. The molecule has 1 saturated carbocycles. The fourth-order valence-electron chi connectivity index (χ4n) is 5.04. The first kappa shape index (κ1) is 21.1. The molecule has 1 N–H and O–H groups in total. The van der Waals surface area contributed by atoms with Crippen LogP contribution in [-0.4, -0.2) is 40.8 Å². The number of amides is 2. The molecular formula is C25H26FN3O2S. The number of piperidine rings is 1. The number of halogens is 1. The van der Waals surface area contributed by atoms with Gasteiger partial charge in [-0.25, -0.2) is 4.39 Å². The Morgan fingerprint density at radius 1 is 1.19 bits per heavy atom. The maximum atomic E-state index is 13.8. The van der Waals surface area contributed by atoms with Gasteiger partial charge in [0.05, 0.1) is 10.4 Å². The van der Waals surface area contributed by atoms with Crippen molar-refractivity contribution in [1.29, 1.82) is 0 Å². The molecule has 0 radical (unpaired) electrons. The minimum atomic E-state index is -0.377. The summed E-state index contributed by atoms with van der Waals surface area (Å²) in [6.07, 6.45) is 5.30. The number of benzene rings is 1. The van der Waals surface area contributed by atoms with Crippen molar-refractivity contribution in [3.63, 3.8) is 0 Å². The predicted molar refractivity (Wildman–Crippen MR) is 124 cm³/mol. The minimum absolute atomic E-state index is 0.0268. The highest BCUT2D eigenvalue weighted by Gasteiger charge is 2.47. The molecule has 5 rings (SSSR count). The first-order valence-corrected chi connectivity index (χ1v) is 11.9. The number of para-hydroxylation sites is 1. The highest BCUT2D eigenvalue weighted by atomic mass is 32.1. The number of likely N-dealkylation sites (tertiary alicyclic amines) is 1. The monoisotopic (exact) mass is 451 g/mol. The SMILES string of the molecule is Cc1cc(C(=O)NC2CC3(CCN(C(=O)c4cnc5c(F)cccc5c4)CC3)C2)sc1C. The number of hydrogen-bond acceptors (Lipinski definition) is 4. The van der Waals surface area contributed by atoms with Crippen LogP contribution < -0.4 is 5.32 Å². The molecule has 1 spiro atoms. The Morgan fingerprint density at radius 2 is 1.94 bits per heavy atom. The van der Waals surface area contributed by atoms with E-state index in [9.17, 15) is 14.0 Å². The van der Waals surface area contributed by atoms with Gasteiger partial charge in [0.1, 0.15) is 11.3 Å². The van der Waals surface area contributed by atoms with Crippen LogP contribution in [0.4, 0.5) is 4.39 Å². The number of pyridine rings is 1. The summed E-state index contributed by atoms with van der Waals surface area (Å²) in [6, 6.07) is 8.68. The topological polar surface area (TPSA) is 62.3 Å². The fourth-order valence-corrected chi connectivity index (χ4v) is 5.98. The van der Waals surface area contributed by atoms with Crippen LogP contribution in [0.3, 0.4) is 0 Å². The van der Waals surface area contributed by atoms with Gasteiger partial charge in [-0.2, -0.15) is 0 Å². The summed E-state index contributed by atoms with van der Waals surface area (Å²) >= 11 is 1.55. The normalized spacial score (nSPS) is 18.0. The second-order valence-corrected chi connectivity index (χ2v) is 10.5. The third-order valence-electron chi connectivity index (χ3n) is 7.10. The van der Waals surface area contributed by atoms with Gasteiger partial charge in [-0.1, -0.05) is 12.1 Å². The molecule has 166 valence electrons. The molecule has 3 aromatic rings. The van der Waals surface area contributed by atoms with Crippen molar-refractivity contribution in [1.82, 2.24) is 15.2 Å². The number of aromatic nitrogens is 1. The van der Waals surface area contributed by atoms with E-state index in [4.69, 9.17) is 0 Å². The highest BCUT2D eigenvalue weighted by molar-refractivity contribution is 7.14. The molecule has 2 amide bonds. The fraction of sp³-hybridized carbons (Fsp3) is 0.400. The summed E-state index contributed by atoms with van der Waals surface area (Å²) in [5.74, 6) is -0.401. The van der Waals surface area contributed by atoms with E-state index >= 15 is 0 Å². The van der Waals surface area contributed by atoms with Crippen molar-refractivity contribution in [3.05, 3.63) is 63.2 Å². The van der Waals surface area contributed by atoms with Crippen molar-refractivity contribution in [2.24, 2.45) is 5.41 Å². The van der Waals surface area contributed by atoms with Crippen LogP contribution in [0.15, 0.2) is 36.5 Å². The second-order valence-electron chi connectivity index (χ2n) is 9.26. The zero-order valence-corrected chi connectivity index (χ0v) is 19.1. The van der Waals surface area contributed by atoms with Crippen molar-refractivity contribution in [2.75, 3.05) is 13.1 Å². The minimum Gasteiger partial charge on any atom is -0.349 e. The van der Waals surface area contributed by atoms with Crippen LogP contribution in [0, 0.1) is 25.1 Å². The molecule has 5 nitrogen and oxygen atoms in total. The molecule has 2 aromatic heterocycles. The molecular weight excluding hydrogens is 425 g/mol. The van der Waals surface area contributed by atoms with Gasteiger partial charge >= 0.3 is 0 Å². The number of fused-ring (bicyclic) bond motifs is 1. The third-order valence-corrected chi connectivity index (χ3v) is 8.26. The van der Waals surface area contributed by atoms with E-state index in [0.717, 1.165) is 36.1 Å². The third kappa shape index (κ3) is 3.79. The van der Waals surface area contributed by atoms with Gasteiger partial charge in [-0.05, 0) is 68.7 Å². The average Bonchev–Trinajstić information content (AvgIpc) is 3.11. The summed E-state index contributed by atoms with van der Waals surface area (Å²) < 4.78 is 13.8. The molecule has 32 heavy (non-hydrogen) atoms. The lowest BCUT2D eigenvalue weighted by Crippen LogP contribution is -2.55. The van der Waals surface area contributed by atoms with Crippen LogP contribution in [0.5, 0.6) is 0 Å². The van der Waals surface area contributed by atoms with Crippen molar-refractivity contribution in [2.45, 2.75) is 45.6 Å². The summed E-state index contributed by atoms with van der Waals surface area (Å²) in [5, 5.41) is 3.82. The number of carbonyl (C=O) groups excluding carboxylic acids is 2. The number of rotatable bonds is 3. The predicted octanol–water partition coefficient (Wildman–Crippen LogP) is 4.87. The van der Waals surface area contributed by atoms with Gasteiger partial charge < -0.3 is 10.2 Å². The van der Waals surface area contributed by atoms with E-state index in [-0.39, 0.29) is 34.6 Å². The zero-order valence-electron chi connectivity index (χ0n) is 18.3. The number of nitrogens with one attached hydrogen (secondary N) is 1. The van der Waals surface area contributed by atoms with Crippen LogP contribution in [0.2, 0.25) is 0 Å². The number of nitrogens with zero attached hydrogens (tertiary/aromatic N) is 2. The largest absolute Gasteiger partial charge is 0.349 e. The number of thiophene rings is 1. The number of aryl methyl sites for hydroxylation is 2. The van der Waals surface area contributed by atoms with Crippen LogP contribution >= 0.6 is 11.3 Å². The van der Waals surface area contributed by atoms with Gasteiger partial charge in [-0.3, -0.25) is 14.6 Å². The molecule has 2 fully saturated rings. The highest BCUT2D eigenvalue weighted by Crippen LogP contribution is 2.49. The molecule has 2 aliphatic rings. The van der Waals surface area contributed by atoms with E-state index in [2.05, 4.69) is 10.3 Å². The average molecular weight is 452 g/mol. The summed E-state index contributed by atoms with van der Waals surface area (Å²) in [7, 11) is 0. The number of hydrogen-bond donors (Lipinski definition) is 1. The van der Waals surface area contributed by atoms with Gasteiger partial charge in [0, 0.05) is 35.6 Å². The van der Waals surface area contributed by atoms with Crippen molar-refractivity contribution >= 4 is 34.1 Å². The van der Waals surface area contributed by atoms with Gasteiger partial charge in [-0.15, -0.1) is 11.3 Å². The van der Waals surface area contributed by atoms with Gasteiger partial charge in [0.25, 0.3) is 11.8 Å². The van der Waals surface area contributed by atoms with E-state index in [0.29, 0.717) is 24.0 Å². The van der Waals surface area contributed by atoms with Crippen LogP contribution in [0.1, 0.15) is 56.2 Å². The lowest BCUT2D eigenvalue weighted by Gasteiger charge is -2.52. The quantitative estimate of drug-likeness (QED) is 0.618. The Hall–Kier alpha value is -2.80. The van der Waals surface area contributed by atoms with E-state index in [1.165, 1.54) is 17.1 Å². The first-order chi connectivity index (χ1) is 15.3. The molecule has 7 heteroatoms. The Balaban J connectivity index is 1.16. The summed E-state index contributed by atoms with van der Waals surface area (Å²) in [5.41, 5.74) is 2.17. The van der Waals surface area contributed by atoms with E-state index in [1.54, 1.807) is 29.5 Å². The van der Waals surface area contributed by atoms with E-state index in [1.807, 2.05) is 24.8 Å². The Kier molecular flexibility index (Phi) is 5.24. The summed E-state index contributed by atoms with van der Waals surface area (Å²) in [4.78, 5) is 33.5. The van der Waals surface area contributed by atoms with Crippen molar-refractivity contribution in [3.8, 4) is 0 Å². The number of carbonyl (C=O) groups is 2. The van der Waals surface area contributed by atoms with Gasteiger partial charge in [0.15, 0.2) is 0 Å². The maximum absolute atomic E-state index is 13.8. The van der Waals surface area contributed by atoms with Crippen molar-refractivity contribution < 1.29 is 14.0 Å². The maximum Gasteiger partial charge on any atom is 0.261 e. The standard InChI is InChI=1S/C25H26FN3O2S/c1-15-10-21(32-16(15)2)23(30)28-19-12-25(13-19)6-8-29(9-7-25)24(31)18-11-17-4-3-5-20(26)22(17)27-14-18/h3-5,10-11,14,19H,6-9,12-13H2,1-2H3,(H,28,30). The lowest BCUT2D eigenvalue weighted by atomic mass is 9.60. The van der Waals surface area contributed by atoms with Crippen LogP contribution in [0.25, 0.3) is 10.9 Å². The molecule has 1 aliphatic heterocycles. The smallest absolute Gasteiger partial charge is 0.261 e. The molecule has 0 unspecified atom stereocenters. The second kappa shape index (κ2) is 7.96. The van der Waals surface area contributed by atoms with Gasteiger partial charge in [0.2, 0.25) is 0 Å². The molecule has 0 atom stereocenters. The Morgan fingerprint density at radius 3 is 2.62 bits per heavy atom.